The highest BCUT2D eigenvalue weighted by Crippen LogP contribution is 2.15. The first-order valence-corrected chi connectivity index (χ1v) is 8.48. The summed E-state index contributed by atoms with van der Waals surface area (Å²) in [4.78, 5) is 11.8. The molecule has 5 heteroatoms. The van der Waals surface area contributed by atoms with Crippen molar-refractivity contribution in [2.24, 2.45) is 5.10 Å². The maximum atomic E-state index is 11.8. The quantitative estimate of drug-likeness (QED) is 0.561. The number of para-hydroxylation sites is 1. The number of ether oxygens (including phenoxy) is 2. The lowest BCUT2D eigenvalue weighted by molar-refractivity contribution is -0.123. The fourth-order valence-electron chi connectivity index (χ4n) is 2.27. The summed E-state index contributed by atoms with van der Waals surface area (Å²) in [6.07, 6.45) is 3.70. The Morgan fingerprint density at radius 2 is 1.84 bits per heavy atom. The Bertz CT molecular complexity index is 696. The predicted molar refractivity (Wildman–Crippen MR) is 99.3 cm³/mol. The number of nitrogens with one attached hydrogen (secondary N) is 1. The first kappa shape index (κ1) is 18.5. The smallest absolute Gasteiger partial charge is 0.277 e. The lowest BCUT2D eigenvalue weighted by Gasteiger charge is -2.07. The summed E-state index contributed by atoms with van der Waals surface area (Å²) >= 11 is 0. The zero-order valence-electron chi connectivity index (χ0n) is 14.7. The highest BCUT2D eigenvalue weighted by atomic mass is 16.5. The number of nitrogens with zero attached hydrogens (tertiary/aromatic N) is 1. The van der Waals surface area contributed by atoms with Crippen LogP contribution in [0.15, 0.2) is 53.6 Å². The van der Waals surface area contributed by atoms with Crippen LogP contribution in [0.25, 0.3) is 0 Å². The molecule has 0 spiro atoms. The average molecular weight is 340 g/mol. The SMILES string of the molecule is CCCc1ccc(OCC(=O)NN=Cc2ccccc2OCC)cc1. The third-order valence-corrected chi connectivity index (χ3v) is 3.44. The van der Waals surface area contributed by atoms with Crippen molar-refractivity contribution in [3.63, 3.8) is 0 Å². The molecule has 2 aromatic rings. The van der Waals surface area contributed by atoms with Gasteiger partial charge in [-0.2, -0.15) is 5.10 Å². The van der Waals surface area contributed by atoms with Gasteiger partial charge in [0.2, 0.25) is 0 Å². The van der Waals surface area contributed by atoms with Crippen molar-refractivity contribution in [3.05, 3.63) is 59.7 Å². The molecular formula is C20H24N2O3. The van der Waals surface area contributed by atoms with E-state index in [1.807, 2.05) is 55.5 Å². The van der Waals surface area contributed by atoms with Crippen LogP contribution in [0.4, 0.5) is 0 Å². The van der Waals surface area contributed by atoms with Crippen LogP contribution in [-0.2, 0) is 11.2 Å². The van der Waals surface area contributed by atoms with Crippen LogP contribution < -0.4 is 14.9 Å². The van der Waals surface area contributed by atoms with E-state index < -0.39 is 0 Å². The van der Waals surface area contributed by atoms with E-state index >= 15 is 0 Å². The summed E-state index contributed by atoms with van der Waals surface area (Å²) in [7, 11) is 0. The first-order chi connectivity index (χ1) is 12.2. The molecule has 0 radical (unpaired) electrons. The standard InChI is InChI=1S/C20H24N2O3/c1-3-7-16-10-12-18(13-11-16)25-15-20(23)22-21-14-17-8-5-6-9-19(17)24-4-2/h5-6,8-14H,3-4,7,15H2,1-2H3,(H,22,23). The van der Waals surface area contributed by atoms with Gasteiger partial charge >= 0.3 is 0 Å². The fraction of sp³-hybridized carbons (Fsp3) is 0.300. The van der Waals surface area contributed by atoms with Crippen LogP contribution in [-0.4, -0.2) is 25.3 Å². The highest BCUT2D eigenvalue weighted by molar-refractivity contribution is 5.85. The molecule has 0 aromatic heterocycles. The van der Waals surface area contributed by atoms with Gasteiger partial charge in [0, 0.05) is 5.56 Å². The van der Waals surface area contributed by atoms with Crippen molar-refractivity contribution in [1.29, 1.82) is 0 Å². The molecule has 132 valence electrons. The van der Waals surface area contributed by atoms with Gasteiger partial charge in [0.25, 0.3) is 5.91 Å². The van der Waals surface area contributed by atoms with Gasteiger partial charge < -0.3 is 9.47 Å². The van der Waals surface area contributed by atoms with Gasteiger partial charge in [-0.15, -0.1) is 0 Å². The summed E-state index contributed by atoms with van der Waals surface area (Å²) in [6, 6.07) is 15.3. The van der Waals surface area contributed by atoms with E-state index in [-0.39, 0.29) is 12.5 Å². The minimum absolute atomic E-state index is 0.0857. The average Bonchev–Trinajstić information content (AvgIpc) is 2.63. The fourth-order valence-corrected chi connectivity index (χ4v) is 2.27. The van der Waals surface area contributed by atoms with Crippen LogP contribution in [0.2, 0.25) is 0 Å². The number of hydrogen-bond acceptors (Lipinski definition) is 4. The van der Waals surface area contributed by atoms with Gasteiger partial charge in [-0.25, -0.2) is 5.43 Å². The maximum Gasteiger partial charge on any atom is 0.277 e. The molecule has 25 heavy (non-hydrogen) atoms. The molecule has 1 N–H and O–H groups in total. The number of aryl methyl sites for hydroxylation is 1. The summed E-state index contributed by atoms with van der Waals surface area (Å²) in [5.41, 5.74) is 4.52. The molecule has 0 bridgehead atoms. The second kappa shape index (κ2) is 10.1. The number of carbonyl (C=O) groups excluding carboxylic acids is 1. The van der Waals surface area contributed by atoms with E-state index in [1.54, 1.807) is 6.21 Å². The number of carbonyl (C=O) groups is 1. The van der Waals surface area contributed by atoms with Crippen molar-refractivity contribution < 1.29 is 14.3 Å². The topological polar surface area (TPSA) is 59.9 Å². The molecule has 0 aliphatic carbocycles. The third kappa shape index (κ3) is 6.30. The van der Waals surface area contributed by atoms with Crippen molar-refractivity contribution in [2.75, 3.05) is 13.2 Å². The number of hydrazone groups is 1. The maximum absolute atomic E-state index is 11.8. The lowest BCUT2D eigenvalue weighted by Crippen LogP contribution is -2.24. The van der Waals surface area contributed by atoms with Crippen molar-refractivity contribution >= 4 is 12.1 Å². The molecule has 0 aliphatic rings. The molecule has 0 saturated heterocycles. The number of hydrogen-bond donors (Lipinski definition) is 1. The predicted octanol–water partition coefficient (Wildman–Crippen LogP) is 3.57. The Balaban J connectivity index is 1.80. The number of benzene rings is 2. The summed E-state index contributed by atoms with van der Waals surface area (Å²) < 4.78 is 11.0. The molecule has 0 unspecified atom stereocenters. The molecule has 0 aliphatic heterocycles. The Morgan fingerprint density at radius 3 is 2.56 bits per heavy atom. The van der Waals surface area contributed by atoms with Gasteiger partial charge in [0.15, 0.2) is 6.61 Å². The van der Waals surface area contributed by atoms with Crippen LogP contribution in [0.5, 0.6) is 11.5 Å². The van der Waals surface area contributed by atoms with Crippen molar-refractivity contribution in [1.82, 2.24) is 5.43 Å². The van der Waals surface area contributed by atoms with E-state index in [2.05, 4.69) is 17.5 Å². The monoisotopic (exact) mass is 340 g/mol. The van der Waals surface area contributed by atoms with Crippen LogP contribution in [0.1, 0.15) is 31.4 Å². The zero-order valence-corrected chi connectivity index (χ0v) is 14.7. The molecule has 2 aromatic carbocycles. The van der Waals surface area contributed by atoms with Crippen LogP contribution in [0.3, 0.4) is 0 Å². The van der Waals surface area contributed by atoms with Crippen LogP contribution >= 0.6 is 0 Å². The molecule has 0 heterocycles. The van der Waals surface area contributed by atoms with Gasteiger partial charge in [0.05, 0.1) is 12.8 Å². The first-order valence-electron chi connectivity index (χ1n) is 8.48. The molecule has 5 nitrogen and oxygen atoms in total. The molecule has 1 amide bonds. The molecule has 0 atom stereocenters. The Morgan fingerprint density at radius 1 is 1.08 bits per heavy atom. The van der Waals surface area contributed by atoms with E-state index in [4.69, 9.17) is 9.47 Å². The molecule has 0 saturated carbocycles. The summed E-state index contributed by atoms with van der Waals surface area (Å²) in [5, 5.41) is 3.95. The largest absolute Gasteiger partial charge is 0.493 e. The summed E-state index contributed by atoms with van der Waals surface area (Å²) in [6.45, 7) is 4.55. The summed E-state index contributed by atoms with van der Waals surface area (Å²) in [5.74, 6) is 1.08. The Kier molecular flexibility index (Phi) is 7.50. The number of rotatable bonds is 9. The van der Waals surface area contributed by atoms with E-state index in [1.165, 1.54) is 5.56 Å². The Hall–Kier alpha value is -2.82. The number of amides is 1. The van der Waals surface area contributed by atoms with Gasteiger partial charge in [-0.05, 0) is 43.2 Å². The van der Waals surface area contributed by atoms with Crippen molar-refractivity contribution in [3.8, 4) is 11.5 Å². The van der Waals surface area contributed by atoms with E-state index in [0.717, 1.165) is 24.2 Å². The zero-order chi connectivity index (χ0) is 17.9. The molecular weight excluding hydrogens is 316 g/mol. The highest BCUT2D eigenvalue weighted by Gasteiger charge is 2.03. The van der Waals surface area contributed by atoms with Crippen molar-refractivity contribution in [2.45, 2.75) is 26.7 Å². The van der Waals surface area contributed by atoms with E-state index in [9.17, 15) is 4.79 Å². The van der Waals surface area contributed by atoms with Gasteiger partial charge in [-0.3, -0.25) is 4.79 Å². The van der Waals surface area contributed by atoms with E-state index in [0.29, 0.717) is 12.4 Å². The lowest BCUT2D eigenvalue weighted by atomic mass is 10.1. The van der Waals surface area contributed by atoms with Crippen LogP contribution in [0, 0.1) is 0 Å². The molecule has 0 fully saturated rings. The molecule has 2 rings (SSSR count). The van der Waals surface area contributed by atoms with Gasteiger partial charge in [-0.1, -0.05) is 37.6 Å². The third-order valence-electron chi connectivity index (χ3n) is 3.44. The minimum Gasteiger partial charge on any atom is -0.493 e. The second-order valence-electron chi connectivity index (χ2n) is 5.45. The normalized spacial score (nSPS) is 10.6. The Labute approximate surface area is 148 Å². The second-order valence-corrected chi connectivity index (χ2v) is 5.45. The van der Waals surface area contributed by atoms with Gasteiger partial charge in [0.1, 0.15) is 11.5 Å². The minimum atomic E-state index is -0.317.